The maximum Gasteiger partial charge on any atom is 0.352 e. The van der Waals surface area contributed by atoms with Gasteiger partial charge in [-0.25, -0.2) is 4.79 Å². The van der Waals surface area contributed by atoms with Crippen molar-refractivity contribution in [3.63, 3.8) is 0 Å². The number of hydrogen-bond acceptors (Lipinski definition) is 4. The molecular formula is C13H12BrO4. The number of cyclic esters (lactones) is 1. The molecule has 4 nitrogen and oxygen atoms in total. The van der Waals surface area contributed by atoms with Gasteiger partial charge in [-0.1, -0.05) is 34.1 Å². The van der Waals surface area contributed by atoms with Crippen LogP contribution < -0.4 is 0 Å². The van der Waals surface area contributed by atoms with E-state index in [-0.39, 0.29) is 5.97 Å². The van der Waals surface area contributed by atoms with E-state index in [1.54, 1.807) is 19.9 Å². The van der Waals surface area contributed by atoms with E-state index in [4.69, 9.17) is 9.47 Å². The van der Waals surface area contributed by atoms with Gasteiger partial charge in [-0.3, -0.25) is 4.79 Å². The van der Waals surface area contributed by atoms with E-state index in [0.717, 1.165) is 10.0 Å². The lowest BCUT2D eigenvalue weighted by Crippen LogP contribution is -2.34. The lowest BCUT2D eigenvalue weighted by molar-refractivity contribution is -0.153. The molecular weight excluding hydrogens is 300 g/mol. The molecule has 1 aliphatic rings. The van der Waals surface area contributed by atoms with Crippen molar-refractivity contribution in [1.82, 2.24) is 0 Å². The summed E-state index contributed by atoms with van der Waals surface area (Å²) < 4.78 is 10.8. The summed E-state index contributed by atoms with van der Waals surface area (Å²) in [6, 6.07) is 7.30. The first-order valence-electron chi connectivity index (χ1n) is 5.43. The Morgan fingerprint density at radius 3 is 2.61 bits per heavy atom. The third kappa shape index (κ3) is 2.90. The standard InChI is InChI=1S/C13H12BrO4/c1-13(2,11-12(16)17-11)18-10(15)7-8-5-3-4-6-9(8)14/h3-7,11H,1-2H3. The highest BCUT2D eigenvalue weighted by Gasteiger charge is 2.53. The van der Waals surface area contributed by atoms with E-state index in [0.29, 0.717) is 0 Å². The largest absolute Gasteiger partial charge is 0.455 e. The van der Waals surface area contributed by atoms with Gasteiger partial charge < -0.3 is 9.47 Å². The van der Waals surface area contributed by atoms with Gasteiger partial charge in [0.25, 0.3) is 0 Å². The molecule has 0 spiro atoms. The molecule has 1 fully saturated rings. The van der Waals surface area contributed by atoms with Gasteiger partial charge in [0.2, 0.25) is 6.10 Å². The number of hydrogen-bond donors (Lipinski definition) is 0. The average Bonchev–Trinajstić information content (AvgIpc) is 2.99. The highest BCUT2D eigenvalue weighted by Crippen LogP contribution is 2.30. The fourth-order valence-electron chi connectivity index (χ4n) is 1.57. The van der Waals surface area contributed by atoms with Crippen LogP contribution in [0, 0.1) is 6.42 Å². The Morgan fingerprint density at radius 1 is 1.44 bits per heavy atom. The summed E-state index contributed by atoms with van der Waals surface area (Å²) in [6.45, 7) is 3.29. The van der Waals surface area contributed by atoms with Crippen LogP contribution >= 0.6 is 15.9 Å². The van der Waals surface area contributed by atoms with Crippen LogP contribution in [0.2, 0.25) is 0 Å². The van der Waals surface area contributed by atoms with Crippen LogP contribution in [-0.2, 0) is 19.1 Å². The maximum atomic E-state index is 11.8. The molecule has 18 heavy (non-hydrogen) atoms. The fraction of sp³-hybridized carbons (Fsp3) is 0.308. The van der Waals surface area contributed by atoms with Crippen molar-refractivity contribution in [2.45, 2.75) is 25.6 Å². The van der Waals surface area contributed by atoms with Crippen molar-refractivity contribution in [3.05, 3.63) is 40.7 Å². The maximum absolute atomic E-state index is 11.8. The number of rotatable bonds is 4. The minimum absolute atomic E-state index is 0.339. The quantitative estimate of drug-likeness (QED) is 0.632. The number of carbonyl (C=O) groups is 2. The van der Waals surface area contributed by atoms with Gasteiger partial charge in [0.15, 0.2) is 5.60 Å². The first-order chi connectivity index (χ1) is 8.40. The normalized spacial score (nSPS) is 18.2. The third-order valence-corrected chi connectivity index (χ3v) is 3.29. The first kappa shape index (κ1) is 13.1. The zero-order valence-electron chi connectivity index (χ0n) is 9.98. The predicted octanol–water partition coefficient (Wildman–Crippen LogP) is 2.25. The molecule has 1 atom stereocenters. The molecule has 95 valence electrons. The van der Waals surface area contributed by atoms with Crippen molar-refractivity contribution in [3.8, 4) is 0 Å². The number of epoxide rings is 1. The number of halogens is 1. The first-order valence-corrected chi connectivity index (χ1v) is 6.22. The Balaban J connectivity index is 1.97. The van der Waals surface area contributed by atoms with Crippen LogP contribution in [0.5, 0.6) is 0 Å². The molecule has 0 saturated carbocycles. The highest BCUT2D eigenvalue weighted by molar-refractivity contribution is 9.10. The van der Waals surface area contributed by atoms with Crippen molar-refractivity contribution < 1.29 is 19.1 Å². The minimum atomic E-state index is -0.939. The molecule has 0 aromatic heterocycles. The molecule has 1 unspecified atom stereocenters. The Labute approximate surface area is 113 Å². The smallest absolute Gasteiger partial charge is 0.352 e. The van der Waals surface area contributed by atoms with E-state index in [9.17, 15) is 9.59 Å². The average molecular weight is 312 g/mol. The van der Waals surface area contributed by atoms with Gasteiger partial charge in [0.05, 0.1) is 0 Å². The summed E-state index contributed by atoms with van der Waals surface area (Å²) in [5, 5.41) is 0. The van der Waals surface area contributed by atoms with Crippen LogP contribution in [0.4, 0.5) is 0 Å². The summed E-state index contributed by atoms with van der Waals surface area (Å²) in [7, 11) is 0. The van der Waals surface area contributed by atoms with Crippen LogP contribution in [0.15, 0.2) is 28.7 Å². The molecule has 1 aromatic rings. The van der Waals surface area contributed by atoms with E-state index in [1.165, 1.54) is 6.42 Å². The van der Waals surface area contributed by atoms with Crippen LogP contribution in [0.1, 0.15) is 19.4 Å². The molecule has 0 bridgehead atoms. The second kappa shape index (κ2) is 4.72. The van der Waals surface area contributed by atoms with E-state index in [1.807, 2.05) is 18.2 Å². The van der Waals surface area contributed by atoms with Crippen molar-refractivity contribution in [2.75, 3.05) is 0 Å². The predicted molar refractivity (Wildman–Crippen MR) is 67.6 cm³/mol. The SMILES string of the molecule is CC(C)(OC(=O)[CH]c1ccccc1Br)C1OC1=O. The van der Waals surface area contributed by atoms with Gasteiger partial charge in [-0.2, -0.15) is 0 Å². The molecule has 5 heteroatoms. The zero-order chi connectivity index (χ0) is 13.3. The number of esters is 1. The zero-order valence-corrected chi connectivity index (χ0v) is 11.6. The summed E-state index contributed by atoms with van der Waals surface area (Å²) in [5.41, 5.74) is -0.215. The molecule has 1 aromatic carbocycles. The van der Waals surface area contributed by atoms with Gasteiger partial charge in [-0.05, 0) is 25.5 Å². The summed E-state index contributed by atoms with van der Waals surface area (Å²) in [5.74, 6) is -0.844. The third-order valence-electron chi connectivity index (χ3n) is 2.56. The van der Waals surface area contributed by atoms with Crippen LogP contribution in [-0.4, -0.2) is 23.6 Å². The molecule has 1 aliphatic heterocycles. The highest BCUT2D eigenvalue weighted by atomic mass is 79.9. The topological polar surface area (TPSA) is 55.9 Å². The van der Waals surface area contributed by atoms with E-state index in [2.05, 4.69) is 15.9 Å². The van der Waals surface area contributed by atoms with Crippen LogP contribution in [0.25, 0.3) is 0 Å². The fourth-order valence-corrected chi connectivity index (χ4v) is 1.97. The van der Waals surface area contributed by atoms with Crippen molar-refractivity contribution >= 4 is 27.9 Å². The molecule has 1 heterocycles. The Hall–Kier alpha value is -1.36. The molecule has 0 aliphatic carbocycles. The van der Waals surface area contributed by atoms with Crippen molar-refractivity contribution in [1.29, 1.82) is 0 Å². The molecule has 2 rings (SSSR count). The summed E-state index contributed by atoms with van der Waals surface area (Å²) in [6.07, 6.45) is 0.729. The molecule has 1 radical (unpaired) electrons. The van der Waals surface area contributed by atoms with Gasteiger partial charge in [-0.15, -0.1) is 0 Å². The van der Waals surface area contributed by atoms with Crippen LogP contribution in [0.3, 0.4) is 0 Å². The summed E-state index contributed by atoms with van der Waals surface area (Å²) >= 11 is 3.34. The number of benzene rings is 1. The lowest BCUT2D eigenvalue weighted by Gasteiger charge is -2.21. The van der Waals surface area contributed by atoms with E-state index < -0.39 is 17.7 Å². The Bertz CT molecular complexity index is 496. The second-order valence-corrected chi connectivity index (χ2v) is 5.36. The monoisotopic (exact) mass is 311 g/mol. The Morgan fingerprint density at radius 2 is 2.06 bits per heavy atom. The van der Waals surface area contributed by atoms with Gasteiger partial charge in [0, 0.05) is 4.47 Å². The van der Waals surface area contributed by atoms with Gasteiger partial charge >= 0.3 is 11.9 Å². The molecule has 0 N–H and O–H groups in total. The number of ether oxygens (including phenoxy) is 2. The second-order valence-electron chi connectivity index (χ2n) is 4.51. The van der Waals surface area contributed by atoms with E-state index >= 15 is 0 Å². The Kier molecular flexibility index (Phi) is 3.43. The number of carbonyl (C=O) groups excluding carboxylic acids is 2. The molecule has 0 amide bonds. The summed E-state index contributed by atoms with van der Waals surface area (Å²) in [4.78, 5) is 22.6. The molecule has 1 saturated heterocycles. The van der Waals surface area contributed by atoms with Gasteiger partial charge in [0.1, 0.15) is 6.42 Å². The lowest BCUT2D eigenvalue weighted by atomic mass is 10.1. The van der Waals surface area contributed by atoms with Crippen molar-refractivity contribution in [2.24, 2.45) is 0 Å². The minimum Gasteiger partial charge on any atom is -0.455 e.